The summed E-state index contributed by atoms with van der Waals surface area (Å²) in [5.41, 5.74) is 0. The first kappa shape index (κ1) is 16.5. The normalized spacial score (nSPS) is 14.1. The maximum Gasteiger partial charge on any atom is 0.316 e. The maximum atomic E-state index is 11.7. The number of rotatable bonds is 8. The zero-order valence-electron chi connectivity index (χ0n) is 11.3. The second-order valence-electron chi connectivity index (χ2n) is 4.75. The van der Waals surface area contributed by atoms with Crippen LogP contribution < -0.4 is 0 Å². The molecule has 1 unspecified atom stereocenters. The first-order valence-corrected chi connectivity index (χ1v) is 6.08. The van der Waals surface area contributed by atoms with Crippen LogP contribution in [0, 0.1) is 27.9 Å². The lowest BCUT2D eigenvalue weighted by Gasteiger charge is -2.21. The van der Waals surface area contributed by atoms with Gasteiger partial charge >= 0.3 is 5.97 Å². The number of ketones is 1. The minimum absolute atomic E-state index is 0.162. The van der Waals surface area contributed by atoms with Crippen LogP contribution in [0.25, 0.3) is 0 Å². The van der Waals surface area contributed by atoms with Crippen molar-refractivity contribution in [1.29, 1.82) is 0 Å². The molecule has 0 N–H and O–H groups in total. The Bertz CT molecular complexity index is 314. The van der Waals surface area contributed by atoms with Gasteiger partial charge in [0, 0.05) is 10.8 Å². The topological polar surface area (TPSA) is 86.5 Å². The molecule has 0 aromatic rings. The monoisotopic (exact) mass is 259 g/mol. The molecule has 0 bridgehead atoms. The first-order valence-electron chi connectivity index (χ1n) is 6.08. The number of carbonyl (C=O) groups is 2. The van der Waals surface area contributed by atoms with Crippen molar-refractivity contribution in [3.05, 3.63) is 10.1 Å². The molecule has 0 aliphatic rings. The summed E-state index contributed by atoms with van der Waals surface area (Å²) in [5.74, 6) is -2.49. The van der Waals surface area contributed by atoms with E-state index in [4.69, 9.17) is 4.74 Å². The Kier molecular flexibility index (Phi) is 7.16. The van der Waals surface area contributed by atoms with Crippen LogP contribution in [0.5, 0.6) is 0 Å². The van der Waals surface area contributed by atoms with E-state index in [1.165, 1.54) is 6.92 Å². The molecule has 18 heavy (non-hydrogen) atoms. The van der Waals surface area contributed by atoms with Crippen molar-refractivity contribution in [3.63, 3.8) is 0 Å². The Hall–Kier alpha value is -1.46. The number of ether oxygens (including phenoxy) is 1. The minimum atomic E-state index is -1.03. The molecule has 0 aliphatic carbocycles. The molecule has 0 fully saturated rings. The van der Waals surface area contributed by atoms with Crippen LogP contribution in [0.4, 0.5) is 0 Å². The van der Waals surface area contributed by atoms with E-state index in [-0.39, 0.29) is 24.9 Å². The highest BCUT2D eigenvalue weighted by Gasteiger charge is 2.36. The highest BCUT2D eigenvalue weighted by molar-refractivity contribution is 5.98. The molecule has 2 atom stereocenters. The van der Waals surface area contributed by atoms with E-state index in [0.717, 1.165) is 0 Å². The molecule has 0 radical (unpaired) electrons. The first-order chi connectivity index (χ1) is 8.29. The molecule has 6 nitrogen and oxygen atoms in total. The van der Waals surface area contributed by atoms with Gasteiger partial charge in [0.25, 0.3) is 0 Å². The second-order valence-corrected chi connectivity index (χ2v) is 4.75. The fourth-order valence-electron chi connectivity index (χ4n) is 2.04. The van der Waals surface area contributed by atoms with Crippen molar-refractivity contribution in [2.45, 2.75) is 34.1 Å². The second kappa shape index (κ2) is 7.79. The number of hydrogen-bond acceptors (Lipinski definition) is 5. The smallest absolute Gasteiger partial charge is 0.316 e. The van der Waals surface area contributed by atoms with Gasteiger partial charge in [0.2, 0.25) is 6.54 Å². The fraction of sp³-hybridized carbons (Fsp3) is 0.833. The fourth-order valence-corrected chi connectivity index (χ4v) is 2.04. The van der Waals surface area contributed by atoms with E-state index in [2.05, 4.69) is 0 Å². The summed E-state index contributed by atoms with van der Waals surface area (Å²) in [6.07, 6.45) is 0.448. The molecule has 0 amide bonds. The van der Waals surface area contributed by atoms with E-state index in [9.17, 15) is 19.7 Å². The Balaban J connectivity index is 5.01. The highest BCUT2D eigenvalue weighted by Crippen LogP contribution is 2.23. The summed E-state index contributed by atoms with van der Waals surface area (Å²) in [6.45, 7) is 6.48. The average molecular weight is 259 g/mol. The molecule has 104 valence electrons. The summed E-state index contributed by atoms with van der Waals surface area (Å²) in [4.78, 5) is 33.4. The van der Waals surface area contributed by atoms with Crippen LogP contribution in [0.15, 0.2) is 0 Å². The quantitative estimate of drug-likeness (QED) is 0.286. The lowest BCUT2D eigenvalue weighted by atomic mass is 9.83. The Morgan fingerprint density at radius 1 is 1.33 bits per heavy atom. The summed E-state index contributed by atoms with van der Waals surface area (Å²) in [6, 6.07) is 0. The van der Waals surface area contributed by atoms with E-state index in [0.29, 0.717) is 6.42 Å². The lowest BCUT2D eigenvalue weighted by molar-refractivity contribution is -0.489. The van der Waals surface area contributed by atoms with Crippen LogP contribution in [-0.4, -0.2) is 29.8 Å². The van der Waals surface area contributed by atoms with Crippen LogP contribution in [0.1, 0.15) is 34.1 Å². The van der Waals surface area contributed by atoms with Crippen LogP contribution in [0.3, 0.4) is 0 Å². The predicted molar refractivity (Wildman–Crippen MR) is 65.6 cm³/mol. The molecule has 0 aliphatic heterocycles. The van der Waals surface area contributed by atoms with Gasteiger partial charge in [0.1, 0.15) is 11.7 Å². The third kappa shape index (κ3) is 5.75. The number of nitrogens with zero attached hydrogens (tertiary/aromatic N) is 1. The average Bonchev–Trinajstić information content (AvgIpc) is 2.14. The van der Waals surface area contributed by atoms with Gasteiger partial charge in [-0.15, -0.1) is 0 Å². The molecule has 0 rings (SSSR count). The predicted octanol–water partition coefficient (Wildman–Crippen LogP) is 1.69. The number of carbonyl (C=O) groups excluding carboxylic acids is 2. The van der Waals surface area contributed by atoms with E-state index < -0.39 is 22.7 Å². The van der Waals surface area contributed by atoms with E-state index in [1.54, 1.807) is 6.92 Å². The lowest BCUT2D eigenvalue weighted by Crippen LogP contribution is -2.36. The summed E-state index contributed by atoms with van der Waals surface area (Å²) < 4.78 is 4.83. The van der Waals surface area contributed by atoms with Gasteiger partial charge in [-0.05, 0) is 26.2 Å². The highest BCUT2D eigenvalue weighted by atomic mass is 16.6. The zero-order chi connectivity index (χ0) is 14.3. The molecule has 0 saturated heterocycles. The van der Waals surface area contributed by atoms with Crippen LogP contribution in [-0.2, 0) is 14.3 Å². The molecule has 0 saturated carbocycles. The van der Waals surface area contributed by atoms with Gasteiger partial charge in [0.05, 0.1) is 6.61 Å². The molecular weight excluding hydrogens is 238 g/mol. The van der Waals surface area contributed by atoms with Gasteiger partial charge in [-0.25, -0.2) is 0 Å². The number of nitro groups is 1. The largest absolute Gasteiger partial charge is 0.465 e. The van der Waals surface area contributed by atoms with E-state index in [1.807, 2.05) is 13.8 Å². The SMILES string of the molecule is CCOC(=O)C(C(C)=O)[C@H](CC(C)C)C[N+](=O)[O-]. The summed E-state index contributed by atoms with van der Waals surface area (Å²) in [7, 11) is 0. The van der Waals surface area contributed by atoms with Crippen molar-refractivity contribution in [3.8, 4) is 0 Å². The van der Waals surface area contributed by atoms with Gasteiger partial charge in [-0.3, -0.25) is 19.7 Å². The standard InChI is InChI=1S/C12H21NO5/c1-5-18-12(15)11(9(4)14)10(6-8(2)3)7-13(16)17/h8,10-11H,5-7H2,1-4H3/t10-,11?/m1/s1. The van der Waals surface area contributed by atoms with Crippen molar-refractivity contribution in [2.24, 2.45) is 17.8 Å². The molecule has 0 aromatic carbocycles. The number of esters is 1. The van der Waals surface area contributed by atoms with Crippen LogP contribution >= 0.6 is 0 Å². The van der Waals surface area contributed by atoms with Crippen molar-refractivity contribution in [2.75, 3.05) is 13.2 Å². The summed E-state index contributed by atoms with van der Waals surface area (Å²) >= 11 is 0. The molecule has 0 heterocycles. The Morgan fingerprint density at radius 2 is 1.89 bits per heavy atom. The van der Waals surface area contributed by atoms with Crippen molar-refractivity contribution >= 4 is 11.8 Å². The zero-order valence-corrected chi connectivity index (χ0v) is 11.3. The molecular formula is C12H21NO5. The molecule has 6 heteroatoms. The summed E-state index contributed by atoms with van der Waals surface area (Å²) in [5, 5.41) is 10.6. The van der Waals surface area contributed by atoms with Crippen molar-refractivity contribution < 1.29 is 19.2 Å². The number of hydrogen-bond donors (Lipinski definition) is 0. The van der Waals surface area contributed by atoms with Gasteiger partial charge in [0.15, 0.2) is 0 Å². The molecule has 0 spiro atoms. The third-order valence-corrected chi connectivity index (χ3v) is 2.61. The van der Waals surface area contributed by atoms with E-state index >= 15 is 0 Å². The Labute approximate surface area is 107 Å². The van der Waals surface area contributed by atoms with Gasteiger partial charge < -0.3 is 4.74 Å². The Morgan fingerprint density at radius 3 is 2.22 bits per heavy atom. The van der Waals surface area contributed by atoms with Gasteiger partial charge in [-0.1, -0.05) is 13.8 Å². The third-order valence-electron chi connectivity index (χ3n) is 2.61. The number of Topliss-reactive ketones (excluding diaryl/α,β-unsaturated/α-hetero) is 1. The maximum absolute atomic E-state index is 11.7. The molecule has 0 aromatic heterocycles. The minimum Gasteiger partial charge on any atom is -0.465 e. The van der Waals surface area contributed by atoms with Crippen LogP contribution in [0.2, 0.25) is 0 Å². The van der Waals surface area contributed by atoms with Crippen molar-refractivity contribution in [1.82, 2.24) is 0 Å². The van der Waals surface area contributed by atoms with Gasteiger partial charge in [-0.2, -0.15) is 0 Å².